The summed E-state index contributed by atoms with van der Waals surface area (Å²) in [5.41, 5.74) is 3.76. The van der Waals surface area contributed by atoms with Crippen LogP contribution in [-0.4, -0.2) is 46.8 Å². The fraction of sp³-hybridized carbons (Fsp3) is 0.565. The van der Waals surface area contributed by atoms with Gasteiger partial charge < -0.3 is 10.2 Å². The molecule has 1 aromatic carbocycles. The first-order valence-corrected chi connectivity index (χ1v) is 10.6. The third kappa shape index (κ3) is 5.44. The molecule has 0 spiro atoms. The number of piperidine rings is 1. The maximum atomic E-state index is 12.4. The molecule has 2 unspecified atom stereocenters. The van der Waals surface area contributed by atoms with Crippen molar-refractivity contribution in [2.24, 2.45) is 11.8 Å². The predicted octanol–water partition coefficient (Wildman–Crippen LogP) is 3.98. The second-order valence-corrected chi connectivity index (χ2v) is 8.55. The van der Waals surface area contributed by atoms with Crippen LogP contribution in [0.2, 0.25) is 0 Å². The van der Waals surface area contributed by atoms with Gasteiger partial charge in [-0.3, -0.25) is 4.79 Å². The van der Waals surface area contributed by atoms with Crippen molar-refractivity contribution in [1.82, 2.24) is 20.0 Å². The lowest BCUT2D eigenvalue weighted by Gasteiger charge is -2.34. The van der Waals surface area contributed by atoms with Gasteiger partial charge in [-0.15, -0.1) is 0 Å². The minimum Gasteiger partial charge on any atom is -0.352 e. The summed E-state index contributed by atoms with van der Waals surface area (Å²) in [5.74, 6) is 1.61. The summed E-state index contributed by atoms with van der Waals surface area (Å²) in [6, 6.07) is 9.70. The Labute approximate surface area is 169 Å². The molecule has 28 heavy (non-hydrogen) atoms. The SMILES string of the molecule is Cc1cc(C)n(-c2ccc(C(=O)NCCCCN3CC(C)CC(C)C3)cc2)n1. The van der Waals surface area contributed by atoms with Crippen LogP contribution in [0.4, 0.5) is 0 Å². The van der Waals surface area contributed by atoms with Crippen molar-refractivity contribution in [3.8, 4) is 5.69 Å². The van der Waals surface area contributed by atoms with Gasteiger partial charge in [0.15, 0.2) is 0 Å². The summed E-state index contributed by atoms with van der Waals surface area (Å²) in [6.07, 6.45) is 3.51. The zero-order chi connectivity index (χ0) is 20.1. The lowest BCUT2D eigenvalue weighted by atomic mass is 9.92. The molecule has 0 saturated carbocycles. The highest BCUT2D eigenvalue weighted by Gasteiger charge is 2.20. The zero-order valence-electron chi connectivity index (χ0n) is 17.7. The van der Waals surface area contributed by atoms with Gasteiger partial charge in [0.1, 0.15) is 0 Å². The normalized spacial score (nSPS) is 20.3. The Morgan fingerprint density at radius 3 is 2.39 bits per heavy atom. The Hall–Kier alpha value is -2.14. The number of nitrogens with one attached hydrogen (secondary N) is 1. The summed E-state index contributed by atoms with van der Waals surface area (Å²) in [7, 11) is 0. The number of aryl methyl sites for hydroxylation is 2. The fourth-order valence-electron chi connectivity index (χ4n) is 4.38. The monoisotopic (exact) mass is 382 g/mol. The van der Waals surface area contributed by atoms with E-state index in [1.165, 1.54) is 19.5 Å². The van der Waals surface area contributed by atoms with Gasteiger partial charge >= 0.3 is 0 Å². The lowest BCUT2D eigenvalue weighted by Crippen LogP contribution is -2.39. The van der Waals surface area contributed by atoms with E-state index >= 15 is 0 Å². The molecule has 5 nitrogen and oxygen atoms in total. The van der Waals surface area contributed by atoms with Gasteiger partial charge in [-0.2, -0.15) is 5.10 Å². The number of amides is 1. The Bertz CT molecular complexity index is 770. The number of benzene rings is 1. The number of likely N-dealkylation sites (tertiary alicyclic amines) is 1. The van der Waals surface area contributed by atoms with Crippen molar-refractivity contribution in [3.05, 3.63) is 47.3 Å². The van der Waals surface area contributed by atoms with E-state index in [1.807, 2.05) is 48.9 Å². The van der Waals surface area contributed by atoms with E-state index in [0.29, 0.717) is 5.56 Å². The van der Waals surface area contributed by atoms with Gasteiger partial charge in [0, 0.05) is 30.9 Å². The molecule has 0 bridgehead atoms. The number of hydrogen-bond donors (Lipinski definition) is 1. The maximum absolute atomic E-state index is 12.4. The lowest BCUT2D eigenvalue weighted by molar-refractivity contribution is 0.0951. The van der Waals surface area contributed by atoms with Crippen molar-refractivity contribution >= 4 is 5.91 Å². The van der Waals surface area contributed by atoms with E-state index in [-0.39, 0.29) is 5.91 Å². The molecule has 1 aliphatic rings. The summed E-state index contributed by atoms with van der Waals surface area (Å²) < 4.78 is 1.90. The minimum atomic E-state index is 0.000125. The van der Waals surface area contributed by atoms with Crippen LogP contribution >= 0.6 is 0 Å². The Morgan fingerprint density at radius 1 is 1.11 bits per heavy atom. The number of carbonyl (C=O) groups is 1. The summed E-state index contributed by atoms with van der Waals surface area (Å²) in [4.78, 5) is 15.0. The van der Waals surface area contributed by atoms with E-state index < -0.39 is 0 Å². The van der Waals surface area contributed by atoms with Crippen LogP contribution in [0.3, 0.4) is 0 Å². The van der Waals surface area contributed by atoms with Crippen molar-refractivity contribution in [2.45, 2.75) is 47.0 Å². The molecule has 2 aromatic rings. The first kappa shape index (κ1) is 20.6. The average molecular weight is 383 g/mol. The third-order valence-corrected chi connectivity index (χ3v) is 5.51. The molecule has 1 N–H and O–H groups in total. The molecule has 3 rings (SSSR count). The molecule has 152 valence electrons. The van der Waals surface area contributed by atoms with Crippen LogP contribution in [0.15, 0.2) is 30.3 Å². The van der Waals surface area contributed by atoms with Gasteiger partial charge in [0.25, 0.3) is 5.91 Å². The molecule has 1 amide bonds. The van der Waals surface area contributed by atoms with Crippen LogP contribution < -0.4 is 5.32 Å². The third-order valence-electron chi connectivity index (χ3n) is 5.51. The standard InChI is InChI=1S/C23H34N4O/c1-17-13-18(2)16-26(15-17)12-6-5-11-24-23(28)21-7-9-22(10-8-21)27-20(4)14-19(3)25-27/h7-10,14,17-18H,5-6,11-13,15-16H2,1-4H3,(H,24,28). The molecule has 1 aromatic heterocycles. The number of nitrogens with zero attached hydrogens (tertiary/aromatic N) is 3. The van der Waals surface area contributed by atoms with Gasteiger partial charge in [-0.25, -0.2) is 4.68 Å². The zero-order valence-corrected chi connectivity index (χ0v) is 17.7. The van der Waals surface area contributed by atoms with Gasteiger partial charge in [-0.05, 0) is 81.8 Å². The molecule has 2 atom stereocenters. The van der Waals surface area contributed by atoms with Crippen LogP contribution in [0.5, 0.6) is 0 Å². The van der Waals surface area contributed by atoms with Crippen molar-refractivity contribution in [2.75, 3.05) is 26.2 Å². The van der Waals surface area contributed by atoms with E-state index in [0.717, 1.165) is 54.8 Å². The Kier molecular flexibility index (Phi) is 6.89. The topological polar surface area (TPSA) is 50.2 Å². The van der Waals surface area contributed by atoms with Crippen LogP contribution in [0, 0.1) is 25.7 Å². The Morgan fingerprint density at radius 2 is 1.79 bits per heavy atom. The van der Waals surface area contributed by atoms with Crippen molar-refractivity contribution < 1.29 is 4.79 Å². The molecule has 1 saturated heterocycles. The summed E-state index contributed by atoms with van der Waals surface area (Å²) in [6.45, 7) is 13.0. The molecular formula is C23H34N4O. The van der Waals surface area contributed by atoms with E-state index in [9.17, 15) is 4.79 Å². The summed E-state index contributed by atoms with van der Waals surface area (Å²) in [5, 5.41) is 7.53. The van der Waals surface area contributed by atoms with Gasteiger partial charge in [0.2, 0.25) is 0 Å². The molecule has 1 fully saturated rings. The van der Waals surface area contributed by atoms with E-state index in [1.54, 1.807) is 0 Å². The van der Waals surface area contributed by atoms with E-state index in [4.69, 9.17) is 0 Å². The van der Waals surface area contributed by atoms with Crippen LogP contribution in [0.25, 0.3) is 5.69 Å². The van der Waals surface area contributed by atoms with Gasteiger partial charge in [0.05, 0.1) is 11.4 Å². The highest BCUT2D eigenvalue weighted by atomic mass is 16.1. The number of rotatable bonds is 7. The number of unbranched alkanes of at least 4 members (excludes halogenated alkanes) is 1. The molecule has 1 aliphatic heterocycles. The fourth-order valence-corrected chi connectivity index (χ4v) is 4.38. The van der Waals surface area contributed by atoms with Crippen LogP contribution in [-0.2, 0) is 0 Å². The van der Waals surface area contributed by atoms with Crippen molar-refractivity contribution in [3.63, 3.8) is 0 Å². The largest absolute Gasteiger partial charge is 0.352 e. The first-order valence-electron chi connectivity index (χ1n) is 10.6. The number of hydrogen-bond acceptors (Lipinski definition) is 3. The quantitative estimate of drug-likeness (QED) is 0.737. The molecule has 0 radical (unpaired) electrons. The number of carbonyl (C=O) groups excluding carboxylic acids is 1. The minimum absolute atomic E-state index is 0.000125. The maximum Gasteiger partial charge on any atom is 0.251 e. The highest BCUT2D eigenvalue weighted by Crippen LogP contribution is 2.21. The van der Waals surface area contributed by atoms with Gasteiger partial charge in [-0.1, -0.05) is 13.8 Å². The second kappa shape index (κ2) is 9.37. The van der Waals surface area contributed by atoms with Crippen LogP contribution in [0.1, 0.15) is 54.9 Å². The van der Waals surface area contributed by atoms with Crippen molar-refractivity contribution in [1.29, 1.82) is 0 Å². The smallest absolute Gasteiger partial charge is 0.251 e. The second-order valence-electron chi connectivity index (χ2n) is 8.55. The number of aromatic nitrogens is 2. The average Bonchev–Trinajstić information content (AvgIpc) is 2.99. The van der Waals surface area contributed by atoms with E-state index in [2.05, 4.69) is 29.2 Å². The molecule has 2 heterocycles. The molecule has 0 aliphatic carbocycles. The predicted molar refractivity (Wildman–Crippen MR) is 114 cm³/mol. The Balaban J connectivity index is 1.41. The highest BCUT2D eigenvalue weighted by molar-refractivity contribution is 5.94. The first-order chi connectivity index (χ1) is 13.4. The molecule has 5 heteroatoms. The molecular weight excluding hydrogens is 348 g/mol. The summed E-state index contributed by atoms with van der Waals surface area (Å²) >= 11 is 0.